The van der Waals surface area contributed by atoms with Crippen LogP contribution in [0.15, 0.2) is 36.4 Å². The Morgan fingerprint density at radius 3 is 2.83 bits per heavy atom. The second kappa shape index (κ2) is 7.47. The highest BCUT2D eigenvalue weighted by Gasteiger charge is 2.21. The van der Waals surface area contributed by atoms with Gasteiger partial charge in [0.25, 0.3) is 5.91 Å². The highest BCUT2D eigenvalue weighted by molar-refractivity contribution is 5.96. The van der Waals surface area contributed by atoms with E-state index in [2.05, 4.69) is 22.4 Å². The molecule has 3 rings (SSSR count). The molecule has 1 unspecified atom stereocenters. The molecule has 1 amide bonds. The lowest BCUT2D eigenvalue weighted by Gasteiger charge is -2.16. The number of amides is 1. The fourth-order valence-corrected chi connectivity index (χ4v) is 3.17. The smallest absolute Gasteiger partial charge is 0.256 e. The number of carbonyl (C=O) groups excluding carboxylic acids is 1. The molecule has 24 heavy (non-hydrogen) atoms. The van der Waals surface area contributed by atoms with E-state index in [9.17, 15) is 4.79 Å². The van der Waals surface area contributed by atoms with Gasteiger partial charge in [-0.3, -0.25) is 4.79 Å². The topological polar surface area (TPSA) is 51.2 Å². The minimum absolute atomic E-state index is 0.0932. The van der Waals surface area contributed by atoms with E-state index in [0.717, 1.165) is 37.8 Å². The number of aromatic nitrogens is 1. The predicted octanol–water partition coefficient (Wildman–Crippen LogP) is 3.33. The first kappa shape index (κ1) is 16.5. The number of aryl methyl sites for hydroxylation is 3. The first-order valence-electron chi connectivity index (χ1n) is 8.59. The highest BCUT2D eigenvalue weighted by Crippen LogP contribution is 2.26. The van der Waals surface area contributed by atoms with E-state index in [1.54, 1.807) is 7.11 Å². The summed E-state index contributed by atoms with van der Waals surface area (Å²) in [7, 11) is 1.57. The number of hydrogen-bond acceptors (Lipinski definition) is 3. The number of pyridine rings is 1. The van der Waals surface area contributed by atoms with Gasteiger partial charge >= 0.3 is 0 Å². The van der Waals surface area contributed by atoms with Crippen molar-refractivity contribution in [2.45, 2.75) is 45.1 Å². The number of methoxy groups -OCH3 is 1. The molecule has 1 heterocycles. The molecule has 0 bridgehead atoms. The fourth-order valence-electron chi connectivity index (χ4n) is 3.17. The van der Waals surface area contributed by atoms with Crippen molar-refractivity contribution in [2.24, 2.45) is 0 Å². The second-order valence-electron chi connectivity index (χ2n) is 6.40. The van der Waals surface area contributed by atoms with Crippen LogP contribution in [0.3, 0.4) is 0 Å². The summed E-state index contributed by atoms with van der Waals surface area (Å²) in [5, 5.41) is 3.07. The van der Waals surface area contributed by atoms with E-state index in [4.69, 9.17) is 4.74 Å². The van der Waals surface area contributed by atoms with Gasteiger partial charge in [0, 0.05) is 11.7 Å². The van der Waals surface area contributed by atoms with E-state index in [-0.39, 0.29) is 11.9 Å². The summed E-state index contributed by atoms with van der Waals surface area (Å²) < 4.78 is 5.33. The Morgan fingerprint density at radius 1 is 1.29 bits per heavy atom. The zero-order chi connectivity index (χ0) is 16.9. The second-order valence-corrected chi connectivity index (χ2v) is 6.40. The molecule has 0 radical (unpaired) electrons. The van der Waals surface area contributed by atoms with Crippen molar-refractivity contribution in [3.05, 3.63) is 58.8 Å². The van der Waals surface area contributed by atoms with Crippen molar-refractivity contribution in [3.63, 3.8) is 0 Å². The number of rotatable bonds is 6. The molecule has 126 valence electrons. The Labute approximate surface area is 143 Å². The quantitative estimate of drug-likeness (QED) is 0.887. The zero-order valence-corrected chi connectivity index (χ0v) is 14.3. The van der Waals surface area contributed by atoms with Gasteiger partial charge in [-0.2, -0.15) is 0 Å². The third-order valence-corrected chi connectivity index (χ3v) is 4.54. The van der Waals surface area contributed by atoms with Crippen LogP contribution >= 0.6 is 0 Å². The molecule has 0 spiro atoms. The van der Waals surface area contributed by atoms with Gasteiger partial charge in [0.1, 0.15) is 5.56 Å². The van der Waals surface area contributed by atoms with Gasteiger partial charge in [0.05, 0.1) is 7.11 Å². The standard InChI is InChI=1S/C20H24N2O2/c1-14(11-12-15-7-4-3-5-8-15)21-19(23)17-13-16-9-6-10-18(16)22-20(17)24-2/h3-5,7-8,13-14H,6,9-12H2,1-2H3,(H,21,23). The number of carbonyl (C=O) groups is 1. The summed E-state index contributed by atoms with van der Waals surface area (Å²) in [5.41, 5.74) is 4.08. The number of benzene rings is 1. The Kier molecular flexibility index (Phi) is 5.14. The highest BCUT2D eigenvalue weighted by atomic mass is 16.5. The number of nitrogens with zero attached hydrogens (tertiary/aromatic N) is 1. The van der Waals surface area contributed by atoms with Crippen LogP contribution in [0, 0.1) is 0 Å². The molecule has 4 nitrogen and oxygen atoms in total. The first-order valence-corrected chi connectivity index (χ1v) is 8.59. The number of ether oxygens (including phenoxy) is 1. The first-order chi connectivity index (χ1) is 11.7. The van der Waals surface area contributed by atoms with Crippen molar-refractivity contribution in [2.75, 3.05) is 7.11 Å². The summed E-state index contributed by atoms with van der Waals surface area (Å²) in [6.07, 6.45) is 4.92. The minimum Gasteiger partial charge on any atom is -0.480 e. The third kappa shape index (κ3) is 3.75. The Morgan fingerprint density at radius 2 is 2.08 bits per heavy atom. The third-order valence-electron chi connectivity index (χ3n) is 4.54. The molecule has 1 aromatic carbocycles. The Balaban J connectivity index is 1.64. The van der Waals surface area contributed by atoms with Crippen LogP contribution in [0.1, 0.15) is 46.9 Å². The van der Waals surface area contributed by atoms with Crippen molar-refractivity contribution >= 4 is 5.91 Å². The molecular formula is C20H24N2O2. The van der Waals surface area contributed by atoms with E-state index in [1.807, 2.05) is 31.2 Å². The van der Waals surface area contributed by atoms with Gasteiger partial charge in [-0.25, -0.2) is 4.98 Å². The van der Waals surface area contributed by atoms with Gasteiger partial charge in [-0.15, -0.1) is 0 Å². The lowest BCUT2D eigenvalue weighted by Crippen LogP contribution is -2.33. The van der Waals surface area contributed by atoms with E-state index in [1.165, 1.54) is 11.1 Å². The normalized spacial score (nSPS) is 14.1. The van der Waals surface area contributed by atoms with Crippen molar-refractivity contribution < 1.29 is 9.53 Å². The summed E-state index contributed by atoms with van der Waals surface area (Å²) in [6.45, 7) is 2.04. The lowest BCUT2D eigenvalue weighted by molar-refractivity contribution is 0.0934. The van der Waals surface area contributed by atoms with E-state index in [0.29, 0.717) is 11.4 Å². The molecule has 2 aromatic rings. The van der Waals surface area contributed by atoms with Crippen LogP contribution in [-0.4, -0.2) is 24.0 Å². The summed E-state index contributed by atoms with van der Waals surface area (Å²) in [6, 6.07) is 12.4. The largest absolute Gasteiger partial charge is 0.480 e. The van der Waals surface area contributed by atoms with Crippen molar-refractivity contribution in [3.8, 4) is 5.88 Å². The molecule has 1 aromatic heterocycles. The SMILES string of the molecule is COc1nc2c(cc1C(=O)NC(C)CCc1ccccc1)CCC2. The molecule has 0 saturated heterocycles. The lowest BCUT2D eigenvalue weighted by atomic mass is 10.1. The van der Waals surface area contributed by atoms with E-state index >= 15 is 0 Å². The maximum Gasteiger partial charge on any atom is 0.256 e. The van der Waals surface area contributed by atoms with E-state index < -0.39 is 0 Å². The van der Waals surface area contributed by atoms with Gasteiger partial charge in [-0.05, 0) is 56.2 Å². The molecular weight excluding hydrogens is 300 g/mol. The fraction of sp³-hybridized carbons (Fsp3) is 0.400. The number of hydrogen-bond donors (Lipinski definition) is 1. The molecule has 4 heteroatoms. The molecule has 1 atom stereocenters. The molecule has 0 aliphatic heterocycles. The van der Waals surface area contributed by atoms with Crippen molar-refractivity contribution in [1.82, 2.24) is 10.3 Å². The molecule has 0 saturated carbocycles. The van der Waals surface area contributed by atoms with Crippen LogP contribution in [-0.2, 0) is 19.3 Å². The average Bonchev–Trinajstić information content (AvgIpc) is 3.07. The molecule has 1 N–H and O–H groups in total. The predicted molar refractivity (Wildman–Crippen MR) is 94.5 cm³/mol. The average molecular weight is 324 g/mol. The Bertz CT molecular complexity index is 713. The maximum atomic E-state index is 12.6. The maximum absolute atomic E-state index is 12.6. The number of nitrogens with one attached hydrogen (secondary N) is 1. The van der Waals surface area contributed by atoms with Crippen LogP contribution in [0.5, 0.6) is 5.88 Å². The van der Waals surface area contributed by atoms with Gasteiger partial charge in [0.2, 0.25) is 5.88 Å². The summed E-state index contributed by atoms with van der Waals surface area (Å²) >= 11 is 0. The van der Waals surface area contributed by atoms with Gasteiger partial charge in [0.15, 0.2) is 0 Å². The van der Waals surface area contributed by atoms with Crippen molar-refractivity contribution in [1.29, 1.82) is 0 Å². The van der Waals surface area contributed by atoms with Crippen LogP contribution in [0.25, 0.3) is 0 Å². The summed E-state index contributed by atoms with van der Waals surface area (Å²) in [5.74, 6) is 0.332. The summed E-state index contributed by atoms with van der Waals surface area (Å²) in [4.78, 5) is 17.1. The molecule has 0 fully saturated rings. The number of fused-ring (bicyclic) bond motifs is 1. The van der Waals surface area contributed by atoms with Crippen LogP contribution in [0.2, 0.25) is 0 Å². The van der Waals surface area contributed by atoms with Gasteiger partial charge < -0.3 is 10.1 Å². The Hall–Kier alpha value is -2.36. The van der Waals surface area contributed by atoms with Gasteiger partial charge in [-0.1, -0.05) is 30.3 Å². The molecule has 1 aliphatic carbocycles. The monoisotopic (exact) mass is 324 g/mol. The zero-order valence-electron chi connectivity index (χ0n) is 14.3. The minimum atomic E-state index is -0.102. The van der Waals surface area contributed by atoms with Crippen LogP contribution < -0.4 is 10.1 Å². The molecule has 1 aliphatic rings. The van der Waals surface area contributed by atoms with Crippen LogP contribution in [0.4, 0.5) is 0 Å².